The zero-order valence-electron chi connectivity index (χ0n) is 9.00. The molecule has 1 aromatic rings. The summed E-state index contributed by atoms with van der Waals surface area (Å²) in [6.07, 6.45) is 0. The van der Waals surface area contributed by atoms with Crippen molar-refractivity contribution in [3.8, 4) is 0 Å². The number of rotatable bonds is 5. The van der Waals surface area contributed by atoms with Crippen LogP contribution in [-0.2, 0) is 6.54 Å². The van der Waals surface area contributed by atoms with Crippen molar-refractivity contribution < 1.29 is 0 Å². The van der Waals surface area contributed by atoms with E-state index in [0.717, 1.165) is 25.3 Å². The van der Waals surface area contributed by atoms with Crippen LogP contribution in [0.2, 0.25) is 0 Å². The van der Waals surface area contributed by atoms with E-state index >= 15 is 0 Å². The van der Waals surface area contributed by atoms with Crippen LogP contribution in [0.25, 0.3) is 0 Å². The maximum atomic E-state index is 3.95. The lowest BCUT2D eigenvalue weighted by molar-refractivity contribution is 0.421. The van der Waals surface area contributed by atoms with Crippen LogP contribution in [0.5, 0.6) is 0 Å². The quantitative estimate of drug-likeness (QED) is 0.718. The van der Waals surface area contributed by atoms with E-state index in [-0.39, 0.29) is 5.54 Å². The summed E-state index contributed by atoms with van der Waals surface area (Å²) in [7, 11) is 0. The molecule has 0 fully saturated rings. The lowest BCUT2D eigenvalue weighted by Crippen LogP contribution is -2.40. The van der Waals surface area contributed by atoms with Gasteiger partial charge in [-0.2, -0.15) is 0 Å². The Bertz CT molecular complexity index is 240. The van der Waals surface area contributed by atoms with Crippen molar-refractivity contribution in [1.82, 2.24) is 20.2 Å². The van der Waals surface area contributed by atoms with Crippen LogP contribution in [0.4, 0.5) is 0 Å². The topological polar surface area (TPSA) is 49.8 Å². The first kappa shape index (κ1) is 11.6. The number of nitrogens with one attached hydrogen (secondary N) is 2. The van der Waals surface area contributed by atoms with E-state index in [1.165, 1.54) is 11.5 Å². The number of hydrogen-bond donors (Lipinski definition) is 2. The Morgan fingerprint density at radius 3 is 2.71 bits per heavy atom. The van der Waals surface area contributed by atoms with Crippen molar-refractivity contribution in [2.75, 3.05) is 13.1 Å². The van der Waals surface area contributed by atoms with Crippen molar-refractivity contribution in [2.45, 2.75) is 32.9 Å². The van der Waals surface area contributed by atoms with Gasteiger partial charge in [0.1, 0.15) is 0 Å². The first-order valence-corrected chi connectivity index (χ1v) is 5.63. The van der Waals surface area contributed by atoms with Gasteiger partial charge in [-0.3, -0.25) is 0 Å². The maximum Gasteiger partial charge on any atom is 0.0893 e. The predicted octanol–water partition coefficient (Wildman–Crippen LogP) is 1.02. The zero-order valence-corrected chi connectivity index (χ0v) is 9.82. The van der Waals surface area contributed by atoms with Crippen LogP contribution in [0.1, 0.15) is 26.5 Å². The van der Waals surface area contributed by atoms with E-state index in [2.05, 4.69) is 41.0 Å². The molecule has 5 heteroatoms. The third-order valence-electron chi connectivity index (χ3n) is 1.67. The van der Waals surface area contributed by atoms with Crippen molar-refractivity contribution in [3.05, 3.63) is 11.1 Å². The Kier molecular flexibility index (Phi) is 4.44. The van der Waals surface area contributed by atoms with E-state index in [0.29, 0.717) is 0 Å². The van der Waals surface area contributed by atoms with E-state index in [4.69, 9.17) is 0 Å². The van der Waals surface area contributed by atoms with Crippen molar-refractivity contribution in [3.63, 3.8) is 0 Å². The standard InChI is InChI=1S/C9H18N4S/c1-9(2,3)11-5-4-10-6-8-7-14-13-12-8/h7,10-11H,4-6H2,1-3H3. The molecule has 0 atom stereocenters. The molecule has 0 radical (unpaired) electrons. The monoisotopic (exact) mass is 214 g/mol. The number of aromatic nitrogens is 2. The Labute approximate surface area is 89.3 Å². The minimum absolute atomic E-state index is 0.198. The second kappa shape index (κ2) is 5.38. The SMILES string of the molecule is CC(C)(C)NCCNCc1csnn1. The Balaban J connectivity index is 2.00. The molecular formula is C9H18N4S. The fourth-order valence-corrected chi connectivity index (χ4v) is 1.45. The summed E-state index contributed by atoms with van der Waals surface area (Å²) in [6, 6.07) is 0. The molecule has 0 aromatic carbocycles. The van der Waals surface area contributed by atoms with Crippen LogP contribution in [0.3, 0.4) is 0 Å². The highest BCUT2D eigenvalue weighted by Gasteiger charge is 2.06. The molecule has 1 aromatic heterocycles. The van der Waals surface area contributed by atoms with E-state index in [1.807, 2.05) is 5.38 Å². The first-order valence-electron chi connectivity index (χ1n) is 4.79. The lowest BCUT2D eigenvalue weighted by atomic mass is 10.1. The molecule has 0 amide bonds. The van der Waals surface area contributed by atoms with Gasteiger partial charge in [0.15, 0.2) is 0 Å². The summed E-state index contributed by atoms with van der Waals surface area (Å²) in [5.74, 6) is 0. The fourth-order valence-electron chi connectivity index (χ4n) is 1.00. The first-order chi connectivity index (χ1) is 6.58. The average Bonchev–Trinajstić information content (AvgIpc) is 2.54. The molecule has 0 saturated carbocycles. The third-order valence-corrected chi connectivity index (χ3v) is 2.22. The normalized spacial score (nSPS) is 11.9. The fraction of sp³-hybridized carbons (Fsp3) is 0.778. The van der Waals surface area contributed by atoms with E-state index in [9.17, 15) is 0 Å². The number of nitrogens with zero attached hydrogens (tertiary/aromatic N) is 2. The van der Waals surface area contributed by atoms with Crippen LogP contribution in [0, 0.1) is 0 Å². The van der Waals surface area contributed by atoms with Gasteiger partial charge in [-0.05, 0) is 32.3 Å². The smallest absolute Gasteiger partial charge is 0.0893 e. The van der Waals surface area contributed by atoms with Gasteiger partial charge in [0.05, 0.1) is 5.69 Å². The van der Waals surface area contributed by atoms with Gasteiger partial charge in [0.2, 0.25) is 0 Å². The summed E-state index contributed by atoms with van der Waals surface area (Å²) in [6.45, 7) is 9.23. The molecule has 2 N–H and O–H groups in total. The van der Waals surface area contributed by atoms with Crippen molar-refractivity contribution in [2.24, 2.45) is 0 Å². The molecule has 0 unspecified atom stereocenters. The molecule has 14 heavy (non-hydrogen) atoms. The van der Waals surface area contributed by atoms with Gasteiger partial charge >= 0.3 is 0 Å². The van der Waals surface area contributed by atoms with E-state index in [1.54, 1.807) is 0 Å². The van der Waals surface area contributed by atoms with Crippen LogP contribution in [0.15, 0.2) is 5.38 Å². The van der Waals surface area contributed by atoms with Crippen molar-refractivity contribution >= 4 is 11.5 Å². The lowest BCUT2D eigenvalue weighted by Gasteiger charge is -2.20. The summed E-state index contributed by atoms with van der Waals surface area (Å²) in [5, 5.41) is 12.6. The average molecular weight is 214 g/mol. The summed E-state index contributed by atoms with van der Waals surface area (Å²) in [4.78, 5) is 0. The molecular weight excluding hydrogens is 196 g/mol. The zero-order chi connectivity index (χ0) is 10.4. The summed E-state index contributed by atoms with van der Waals surface area (Å²) in [5.41, 5.74) is 1.22. The highest BCUT2D eigenvalue weighted by atomic mass is 32.1. The molecule has 1 heterocycles. The highest BCUT2D eigenvalue weighted by molar-refractivity contribution is 7.03. The second-order valence-corrected chi connectivity index (χ2v) is 4.86. The molecule has 4 nitrogen and oxygen atoms in total. The van der Waals surface area contributed by atoms with Gasteiger partial charge < -0.3 is 10.6 Å². The Morgan fingerprint density at radius 2 is 2.14 bits per heavy atom. The van der Waals surface area contributed by atoms with Gasteiger partial charge in [-0.1, -0.05) is 4.49 Å². The predicted molar refractivity (Wildman–Crippen MR) is 59.4 cm³/mol. The molecule has 0 aliphatic rings. The summed E-state index contributed by atoms with van der Waals surface area (Å²) < 4.78 is 3.80. The largest absolute Gasteiger partial charge is 0.311 e. The van der Waals surface area contributed by atoms with Crippen LogP contribution >= 0.6 is 11.5 Å². The molecule has 0 saturated heterocycles. The maximum absolute atomic E-state index is 3.95. The van der Waals surface area contributed by atoms with Gasteiger partial charge in [0, 0.05) is 30.6 Å². The minimum Gasteiger partial charge on any atom is -0.311 e. The Hall–Kier alpha value is -0.520. The molecule has 0 aliphatic carbocycles. The van der Waals surface area contributed by atoms with Gasteiger partial charge in [-0.25, -0.2) is 0 Å². The third kappa shape index (κ3) is 5.26. The highest BCUT2D eigenvalue weighted by Crippen LogP contribution is 1.97. The second-order valence-electron chi connectivity index (χ2n) is 4.25. The molecule has 1 rings (SSSR count). The van der Waals surface area contributed by atoms with Crippen LogP contribution in [-0.4, -0.2) is 28.2 Å². The number of hydrogen-bond acceptors (Lipinski definition) is 5. The van der Waals surface area contributed by atoms with Gasteiger partial charge in [0.25, 0.3) is 0 Å². The van der Waals surface area contributed by atoms with Crippen LogP contribution < -0.4 is 10.6 Å². The molecule has 0 aliphatic heterocycles. The minimum atomic E-state index is 0.198. The summed E-state index contributed by atoms with van der Waals surface area (Å²) >= 11 is 1.39. The molecule has 80 valence electrons. The van der Waals surface area contributed by atoms with E-state index < -0.39 is 0 Å². The Morgan fingerprint density at radius 1 is 1.36 bits per heavy atom. The van der Waals surface area contributed by atoms with Crippen molar-refractivity contribution in [1.29, 1.82) is 0 Å². The molecule has 0 spiro atoms. The van der Waals surface area contributed by atoms with Gasteiger partial charge in [-0.15, -0.1) is 5.10 Å². The molecule has 0 bridgehead atoms.